The minimum Gasteiger partial charge on any atom is -0.465 e. The van der Waals surface area contributed by atoms with E-state index in [1.165, 1.54) is 47.5 Å². The number of carboxylic acid groups (broad SMARTS) is 1. The van der Waals surface area contributed by atoms with Crippen molar-refractivity contribution in [3.05, 3.63) is 129 Å². The van der Waals surface area contributed by atoms with Crippen molar-refractivity contribution in [3.63, 3.8) is 0 Å². The van der Waals surface area contributed by atoms with Gasteiger partial charge in [0.25, 0.3) is 0 Å². The Hall–Kier alpha value is -4.81. The number of ether oxygens (including phenoxy) is 1. The van der Waals surface area contributed by atoms with Crippen LogP contribution < -0.4 is 5.73 Å². The lowest BCUT2D eigenvalue weighted by molar-refractivity contribution is -0.0596. The number of carbonyl (C=O) groups is 1. The summed E-state index contributed by atoms with van der Waals surface area (Å²) in [5.74, 6) is -2.75. The molecule has 5 aromatic rings. The van der Waals surface area contributed by atoms with Crippen LogP contribution in [0.4, 0.5) is 22.4 Å². The zero-order valence-corrected chi connectivity index (χ0v) is 26.4. The van der Waals surface area contributed by atoms with Gasteiger partial charge in [-0.05, 0) is 103 Å². The summed E-state index contributed by atoms with van der Waals surface area (Å²) in [4.78, 5) is 25.5. The van der Waals surface area contributed by atoms with E-state index in [4.69, 9.17) is 10.5 Å². The lowest BCUT2D eigenvalue weighted by Crippen LogP contribution is -2.47. The maximum atomic E-state index is 15.3. The molecule has 0 radical (unpaired) electrons. The van der Waals surface area contributed by atoms with Crippen molar-refractivity contribution in [2.45, 2.75) is 57.2 Å². The van der Waals surface area contributed by atoms with Gasteiger partial charge in [0, 0.05) is 24.2 Å². The third-order valence-corrected chi connectivity index (χ3v) is 9.15. The summed E-state index contributed by atoms with van der Waals surface area (Å²) in [5.41, 5.74) is 11.9. The van der Waals surface area contributed by atoms with Crippen LogP contribution in [0, 0.1) is 37.1 Å². The molecule has 12 heteroatoms. The molecule has 1 fully saturated rings. The molecule has 4 unspecified atom stereocenters. The predicted octanol–water partition coefficient (Wildman–Crippen LogP) is 7.41. The number of amides is 1. The Bertz CT molecular complexity index is 1890. The van der Waals surface area contributed by atoms with Crippen LogP contribution in [0.5, 0.6) is 0 Å². The summed E-state index contributed by atoms with van der Waals surface area (Å²) in [6, 6.07) is 11.2. The third-order valence-electron chi connectivity index (χ3n) is 9.15. The number of nitrogens with one attached hydrogen (secondary N) is 1. The van der Waals surface area contributed by atoms with Crippen LogP contribution in [-0.2, 0) is 11.2 Å². The molecule has 1 amide bonds. The van der Waals surface area contributed by atoms with E-state index in [2.05, 4.69) is 15.0 Å². The van der Waals surface area contributed by atoms with E-state index >= 15 is 4.39 Å². The van der Waals surface area contributed by atoms with Crippen molar-refractivity contribution < 1.29 is 32.2 Å². The molecule has 48 heavy (non-hydrogen) atoms. The number of nitrogens with zero attached hydrogens (tertiary/aromatic N) is 3. The Morgan fingerprint density at radius 3 is 2.42 bits per heavy atom. The van der Waals surface area contributed by atoms with E-state index in [1.54, 1.807) is 0 Å². The molecule has 1 aliphatic rings. The summed E-state index contributed by atoms with van der Waals surface area (Å²) in [6.07, 6.45) is 1.44. The molecule has 3 aromatic carbocycles. The number of rotatable bonds is 9. The number of nitrogens with two attached hydrogens (primary N) is 1. The van der Waals surface area contributed by atoms with Gasteiger partial charge in [0.1, 0.15) is 35.1 Å². The highest BCUT2D eigenvalue weighted by Gasteiger charge is 2.35. The third kappa shape index (κ3) is 7.04. The van der Waals surface area contributed by atoms with Crippen molar-refractivity contribution in [2.24, 2.45) is 5.73 Å². The molecule has 0 bridgehead atoms. The van der Waals surface area contributed by atoms with Gasteiger partial charge >= 0.3 is 6.09 Å². The van der Waals surface area contributed by atoms with Crippen molar-refractivity contribution in [1.82, 2.24) is 19.9 Å². The van der Waals surface area contributed by atoms with Crippen molar-refractivity contribution in [3.8, 4) is 0 Å². The molecular weight excluding hydrogens is 626 g/mol. The Balaban J connectivity index is 1.20. The Labute approximate surface area is 274 Å². The highest BCUT2D eigenvalue weighted by atomic mass is 19.1. The summed E-state index contributed by atoms with van der Waals surface area (Å²) >= 11 is 0. The average molecular weight is 662 g/mol. The van der Waals surface area contributed by atoms with Crippen LogP contribution >= 0.6 is 0 Å². The fourth-order valence-electron chi connectivity index (χ4n) is 6.46. The second-order valence-corrected chi connectivity index (χ2v) is 12.4. The van der Waals surface area contributed by atoms with Gasteiger partial charge < -0.3 is 20.6 Å². The summed E-state index contributed by atoms with van der Waals surface area (Å²) in [6.45, 7) is 4.08. The van der Waals surface area contributed by atoms with Crippen molar-refractivity contribution in [1.29, 1.82) is 0 Å². The van der Waals surface area contributed by atoms with Gasteiger partial charge in [0.15, 0.2) is 0 Å². The van der Waals surface area contributed by atoms with Crippen LogP contribution in [-0.4, -0.2) is 50.3 Å². The number of pyridine rings is 1. The van der Waals surface area contributed by atoms with Crippen LogP contribution in [0.15, 0.2) is 67.0 Å². The maximum absolute atomic E-state index is 15.3. The topological polar surface area (TPSA) is 117 Å². The highest BCUT2D eigenvalue weighted by molar-refractivity contribution is 5.77. The first-order chi connectivity index (χ1) is 23.0. The Morgan fingerprint density at radius 1 is 1.00 bits per heavy atom. The Morgan fingerprint density at radius 2 is 1.71 bits per heavy atom. The zero-order chi connectivity index (χ0) is 34.1. The molecule has 0 spiro atoms. The fraction of sp³-hybridized carbons (Fsp3) is 0.306. The zero-order valence-electron chi connectivity index (χ0n) is 26.4. The number of aryl methyl sites for hydroxylation is 2. The lowest BCUT2D eigenvalue weighted by atomic mass is 9.83. The molecule has 1 saturated heterocycles. The maximum Gasteiger partial charge on any atom is 0.408 e. The molecule has 250 valence electrons. The number of aromatic amines is 1. The largest absolute Gasteiger partial charge is 0.465 e. The molecule has 4 N–H and O–H groups in total. The first-order valence-electron chi connectivity index (χ1n) is 15.6. The van der Waals surface area contributed by atoms with E-state index < -0.39 is 53.5 Å². The van der Waals surface area contributed by atoms with Crippen LogP contribution in [0.2, 0.25) is 0 Å². The van der Waals surface area contributed by atoms with Crippen LogP contribution in [0.3, 0.4) is 0 Å². The van der Waals surface area contributed by atoms with E-state index in [-0.39, 0.29) is 38.0 Å². The molecule has 2 aromatic heterocycles. The summed E-state index contributed by atoms with van der Waals surface area (Å²) < 4.78 is 63.7. The minimum absolute atomic E-state index is 0.0426. The summed E-state index contributed by atoms with van der Waals surface area (Å²) in [7, 11) is 0. The lowest BCUT2D eigenvalue weighted by Gasteiger charge is -2.37. The molecule has 1 aliphatic heterocycles. The van der Waals surface area contributed by atoms with Gasteiger partial charge in [0.05, 0.1) is 36.5 Å². The number of imidazole rings is 1. The molecule has 3 heterocycles. The number of benzene rings is 3. The smallest absolute Gasteiger partial charge is 0.408 e. The van der Waals surface area contributed by atoms with E-state index in [1.807, 2.05) is 26.0 Å². The standard InChI is InChI=1S/C36H35F4N5O3/c1-19-9-32-33(10-20(19)2)44-35(43-32)34-18-48-26(17-45(34)36(46)47)7-8-27-29(15-42-16-30(27)40)31(41)14-28(21-3-5-23(37)6-4-21)22-11-24(38)13-25(39)12-22/h3-6,9-13,15-16,26,28,31,34H,7-8,14,17-18,41H2,1-2H3,(H,43,44)(H,46,47). The Kier molecular flexibility index (Phi) is 9.47. The quantitative estimate of drug-likeness (QED) is 0.142. The summed E-state index contributed by atoms with van der Waals surface area (Å²) in [5, 5.41) is 10.1. The number of morpholine rings is 1. The number of H-pyrrole nitrogens is 1. The van der Waals surface area contributed by atoms with E-state index in [0.717, 1.165) is 34.4 Å². The number of hydrogen-bond donors (Lipinski definition) is 3. The highest BCUT2D eigenvalue weighted by Crippen LogP contribution is 2.36. The van der Waals surface area contributed by atoms with E-state index in [0.29, 0.717) is 22.5 Å². The molecule has 0 saturated carbocycles. The number of fused-ring (bicyclic) bond motifs is 1. The van der Waals surface area contributed by atoms with Gasteiger partial charge in [-0.1, -0.05) is 12.1 Å². The number of aromatic nitrogens is 3. The van der Waals surface area contributed by atoms with E-state index in [9.17, 15) is 23.1 Å². The van der Waals surface area contributed by atoms with Gasteiger partial charge in [-0.25, -0.2) is 27.3 Å². The fourth-order valence-corrected chi connectivity index (χ4v) is 6.46. The number of hydrogen-bond acceptors (Lipinski definition) is 5. The monoisotopic (exact) mass is 661 g/mol. The second-order valence-electron chi connectivity index (χ2n) is 12.4. The van der Waals surface area contributed by atoms with Crippen molar-refractivity contribution in [2.75, 3.05) is 13.2 Å². The predicted molar refractivity (Wildman–Crippen MR) is 171 cm³/mol. The van der Waals surface area contributed by atoms with Gasteiger partial charge in [0.2, 0.25) is 0 Å². The van der Waals surface area contributed by atoms with Crippen LogP contribution in [0.1, 0.15) is 70.0 Å². The van der Waals surface area contributed by atoms with Gasteiger partial charge in [-0.2, -0.15) is 0 Å². The normalized spacial score (nSPS) is 17.9. The minimum atomic E-state index is -1.13. The molecule has 4 atom stereocenters. The molecule has 8 nitrogen and oxygen atoms in total. The van der Waals surface area contributed by atoms with Gasteiger partial charge in [-0.3, -0.25) is 9.88 Å². The molecule has 6 rings (SSSR count). The second kappa shape index (κ2) is 13.7. The first kappa shape index (κ1) is 33.1. The van der Waals surface area contributed by atoms with Crippen LogP contribution in [0.25, 0.3) is 11.0 Å². The molecular formula is C36H35F4N5O3. The first-order valence-corrected chi connectivity index (χ1v) is 15.6. The SMILES string of the molecule is Cc1cc2nc(C3COC(CCc4c(F)cncc4C(N)CC(c4ccc(F)cc4)c4cc(F)cc(F)c4)CN3C(=O)O)[nH]c2cc1C. The number of halogens is 4. The van der Waals surface area contributed by atoms with Gasteiger partial charge in [-0.15, -0.1) is 0 Å². The van der Waals surface area contributed by atoms with Crippen molar-refractivity contribution >= 4 is 17.1 Å². The average Bonchev–Trinajstić information content (AvgIpc) is 3.45. The molecule has 0 aliphatic carbocycles.